The van der Waals surface area contributed by atoms with Gasteiger partial charge in [0, 0.05) is 31.7 Å². The molecule has 0 spiro atoms. The Bertz CT molecular complexity index is 1050. The van der Waals surface area contributed by atoms with Crippen molar-refractivity contribution in [1.82, 2.24) is 15.1 Å². The summed E-state index contributed by atoms with van der Waals surface area (Å²) >= 11 is 0. The predicted molar refractivity (Wildman–Crippen MR) is 126 cm³/mol. The van der Waals surface area contributed by atoms with Crippen molar-refractivity contribution < 1.29 is 23.7 Å². The molecule has 0 saturated carbocycles. The topological polar surface area (TPSA) is 83.8 Å². The third-order valence-electron chi connectivity index (χ3n) is 5.16. The molecular formula is C25H31N3O5. The number of aryl methyl sites for hydroxylation is 1. The van der Waals surface area contributed by atoms with Crippen molar-refractivity contribution in [1.29, 1.82) is 0 Å². The van der Waals surface area contributed by atoms with E-state index in [0.717, 1.165) is 22.7 Å². The molecule has 8 heteroatoms. The zero-order chi connectivity index (χ0) is 23.6. The monoisotopic (exact) mass is 453 g/mol. The minimum Gasteiger partial charge on any atom is -0.497 e. The van der Waals surface area contributed by atoms with Crippen molar-refractivity contribution in [3.05, 3.63) is 59.8 Å². The Kier molecular flexibility index (Phi) is 8.71. The number of hydrogen-bond acceptors (Lipinski definition) is 6. The van der Waals surface area contributed by atoms with Crippen LogP contribution in [-0.4, -0.2) is 50.2 Å². The van der Waals surface area contributed by atoms with Crippen LogP contribution in [0.15, 0.2) is 48.5 Å². The average Bonchev–Trinajstić information content (AvgIpc) is 3.20. The fraction of sp³-hybridized carbons (Fsp3) is 0.360. The predicted octanol–water partition coefficient (Wildman–Crippen LogP) is 3.94. The van der Waals surface area contributed by atoms with E-state index in [-0.39, 0.29) is 5.91 Å². The van der Waals surface area contributed by atoms with Gasteiger partial charge in [0.05, 0.1) is 32.2 Å². The first-order valence-electron chi connectivity index (χ1n) is 10.9. The number of carbonyl (C=O) groups is 1. The molecule has 1 heterocycles. The fourth-order valence-corrected chi connectivity index (χ4v) is 3.41. The highest BCUT2D eigenvalue weighted by Crippen LogP contribution is 2.33. The molecule has 0 aliphatic heterocycles. The normalized spacial score (nSPS) is 10.7. The summed E-state index contributed by atoms with van der Waals surface area (Å²) in [5.74, 6) is 2.61. The summed E-state index contributed by atoms with van der Waals surface area (Å²) in [4.78, 5) is 12.3. The van der Waals surface area contributed by atoms with Gasteiger partial charge in [-0.3, -0.25) is 4.79 Å². The van der Waals surface area contributed by atoms with E-state index in [4.69, 9.17) is 24.0 Å². The molecular weight excluding hydrogens is 422 g/mol. The van der Waals surface area contributed by atoms with Crippen LogP contribution in [0.4, 0.5) is 0 Å². The highest BCUT2D eigenvalue weighted by molar-refractivity contribution is 5.76. The summed E-state index contributed by atoms with van der Waals surface area (Å²) in [6.07, 6.45) is 1.52. The van der Waals surface area contributed by atoms with Crippen molar-refractivity contribution in [3.8, 4) is 28.8 Å². The van der Waals surface area contributed by atoms with Crippen LogP contribution in [0, 0.1) is 0 Å². The minimum absolute atomic E-state index is 0.0429. The molecule has 8 nitrogen and oxygen atoms in total. The lowest BCUT2D eigenvalue weighted by atomic mass is 10.1. The molecule has 0 aliphatic carbocycles. The molecule has 0 radical (unpaired) electrons. The van der Waals surface area contributed by atoms with Gasteiger partial charge in [0.2, 0.25) is 11.8 Å². The molecule has 176 valence electrons. The van der Waals surface area contributed by atoms with Crippen LogP contribution >= 0.6 is 0 Å². The Balaban J connectivity index is 1.96. The molecule has 2 aromatic carbocycles. The van der Waals surface area contributed by atoms with Gasteiger partial charge in [-0.15, -0.1) is 0 Å². The number of benzene rings is 2. The van der Waals surface area contributed by atoms with E-state index in [1.165, 1.54) is 0 Å². The van der Waals surface area contributed by atoms with Gasteiger partial charge >= 0.3 is 0 Å². The number of nitrogens with zero attached hydrogens (tertiary/aromatic N) is 2. The lowest BCUT2D eigenvalue weighted by Gasteiger charge is -2.13. The molecule has 1 aromatic heterocycles. The maximum atomic E-state index is 12.3. The fourth-order valence-electron chi connectivity index (χ4n) is 3.41. The maximum absolute atomic E-state index is 12.3. The molecule has 0 atom stereocenters. The van der Waals surface area contributed by atoms with Gasteiger partial charge in [0.1, 0.15) is 17.2 Å². The van der Waals surface area contributed by atoms with Gasteiger partial charge in [-0.25, -0.2) is 4.68 Å². The van der Waals surface area contributed by atoms with E-state index in [1.807, 2.05) is 55.5 Å². The van der Waals surface area contributed by atoms with E-state index in [2.05, 4.69) is 5.32 Å². The molecule has 33 heavy (non-hydrogen) atoms. The van der Waals surface area contributed by atoms with Crippen molar-refractivity contribution in [2.75, 3.05) is 34.5 Å². The number of nitrogens with one attached hydrogen (secondary N) is 1. The van der Waals surface area contributed by atoms with Crippen LogP contribution in [-0.2, 0) is 22.4 Å². The summed E-state index contributed by atoms with van der Waals surface area (Å²) in [5.41, 5.74) is 2.62. The summed E-state index contributed by atoms with van der Waals surface area (Å²) < 4.78 is 23.7. The van der Waals surface area contributed by atoms with Gasteiger partial charge in [-0.2, -0.15) is 5.10 Å². The molecule has 0 saturated heterocycles. The Hall–Kier alpha value is -3.52. The van der Waals surface area contributed by atoms with Crippen molar-refractivity contribution >= 4 is 5.91 Å². The van der Waals surface area contributed by atoms with E-state index in [0.29, 0.717) is 49.8 Å². The zero-order valence-electron chi connectivity index (χ0n) is 19.6. The van der Waals surface area contributed by atoms with E-state index >= 15 is 0 Å². The van der Waals surface area contributed by atoms with Crippen LogP contribution < -0.4 is 19.5 Å². The molecule has 0 fully saturated rings. The zero-order valence-corrected chi connectivity index (χ0v) is 19.6. The maximum Gasteiger partial charge on any atom is 0.226 e. The number of amides is 1. The Morgan fingerprint density at radius 2 is 1.73 bits per heavy atom. The number of carbonyl (C=O) groups excluding carboxylic acids is 1. The standard InChI is InChI=1S/C25H31N3O5/c1-5-23-22(13-14-24(29)26-15-16-30-2)25(33-21-8-6-7-20(17-21)32-4)28(27-23)18-9-11-19(31-3)12-10-18/h6-12,17H,5,13-16H2,1-4H3,(H,26,29). The number of hydrogen-bond donors (Lipinski definition) is 1. The number of aromatic nitrogens is 2. The number of ether oxygens (including phenoxy) is 4. The Morgan fingerprint density at radius 3 is 2.39 bits per heavy atom. The highest BCUT2D eigenvalue weighted by Gasteiger charge is 2.21. The molecule has 1 N–H and O–H groups in total. The average molecular weight is 454 g/mol. The van der Waals surface area contributed by atoms with E-state index in [1.54, 1.807) is 26.0 Å². The molecule has 0 unspecified atom stereocenters. The summed E-state index contributed by atoms with van der Waals surface area (Å²) in [5, 5.41) is 7.68. The van der Waals surface area contributed by atoms with Gasteiger partial charge in [0.25, 0.3) is 0 Å². The van der Waals surface area contributed by atoms with Crippen LogP contribution in [0.3, 0.4) is 0 Å². The molecule has 1 amide bonds. The third-order valence-corrected chi connectivity index (χ3v) is 5.16. The molecule has 3 rings (SSSR count). The Morgan fingerprint density at radius 1 is 1.00 bits per heavy atom. The lowest BCUT2D eigenvalue weighted by Crippen LogP contribution is -2.27. The minimum atomic E-state index is -0.0429. The number of rotatable bonds is 12. The van der Waals surface area contributed by atoms with Gasteiger partial charge in [0.15, 0.2) is 0 Å². The third kappa shape index (κ3) is 6.26. The quantitative estimate of drug-likeness (QED) is 0.418. The Labute approximate surface area is 194 Å². The largest absolute Gasteiger partial charge is 0.497 e. The van der Waals surface area contributed by atoms with Crippen molar-refractivity contribution in [2.45, 2.75) is 26.2 Å². The second-order valence-electron chi connectivity index (χ2n) is 7.32. The molecule has 3 aromatic rings. The second-order valence-corrected chi connectivity index (χ2v) is 7.32. The summed E-state index contributed by atoms with van der Waals surface area (Å²) in [7, 11) is 4.85. The first-order chi connectivity index (χ1) is 16.1. The van der Waals surface area contributed by atoms with Gasteiger partial charge < -0.3 is 24.3 Å². The van der Waals surface area contributed by atoms with E-state index in [9.17, 15) is 4.79 Å². The molecule has 0 bridgehead atoms. The van der Waals surface area contributed by atoms with Crippen molar-refractivity contribution in [3.63, 3.8) is 0 Å². The SMILES string of the molecule is CCc1nn(-c2ccc(OC)cc2)c(Oc2cccc(OC)c2)c1CCC(=O)NCCOC. The van der Waals surface area contributed by atoms with Crippen LogP contribution in [0.25, 0.3) is 5.69 Å². The summed E-state index contributed by atoms with van der Waals surface area (Å²) in [6.45, 7) is 3.00. The smallest absolute Gasteiger partial charge is 0.226 e. The first kappa shape index (κ1) is 24.1. The van der Waals surface area contributed by atoms with E-state index < -0.39 is 0 Å². The number of methoxy groups -OCH3 is 3. The van der Waals surface area contributed by atoms with Crippen LogP contribution in [0.5, 0.6) is 23.1 Å². The molecule has 0 aliphatic rings. The van der Waals surface area contributed by atoms with Gasteiger partial charge in [-0.05, 0) is 49.2 Å². The van der Waals surface area contributed by atoms with Gasteiger partial charge in [-0.1, -0.05) is 13.0 Å². The van der Waals surface area contributed by atoms with Crippen LogP contribution in [0.2, 0.25) is 0 Å². The highest BCUT2D eigenvalue weighted by atomic mass is 16.5. The first-order valence-corrected chi connectivity index (χ1v) is 10.9. The second kappa shape index (κ2) is 11.9. The van der Waals surface area contributed by atoms with Crippen molar-refractivity contribution in [2.24, 2.45) is 0 Å². The lowest BCUT2D eigenvalue weighted by molar-refractivity contribution is -0.121. The summed E-state index contributed by atoms with van der Waals surface area (Å²) in [6, 6.07) is 15.0. The van der Waals surface area contributed by atoms with Crippen LogP contribution in [0.1, 0.15) is 24.6 Å².